The second kappa shape index (κ2) is 6.71. The molecular weight excluding hydrogens is 397 g/mol. The van der Waals surface area contributed by atoms with Gasteiger partial charge in [0.05, 0.1) is 22.3 Å². The molecule has 0 amide bonds. The van der Waals surface area contributed by atoms with Crippen LogP contribution in [-0.4, -0.2) is 25.1 Å². The summed E-state index contributed by atoms with van der Waals surface area (Å²) in [6.45, 7) is 0.239. The third kappa shape index (κ3) is 3.07. The lowest BCUT2D eigenvalue weighted by Gasteiger charge is -2.05. The molecular formula is C16H11Cl2N5O2S. The van der Waals surface area contributed by atoms with Crippen molar-refractivity contribution in [1.82, 2.24) is 19.3 Å². The molecule has 0 spiro atoms. The van der Waals surface area contributed by atoms with Gasteiger partial charge in [-0.3, -0.25) is 9.48 Å². The van der Waals surface area contributed by atoms with Gasteiger partial charge >= 0.3 is 0 Å². The van der Waals surface area contributed by atoms with E-state index >= 15 is 0 Å². The van der Waals surface area contributed by atoms with Gasteiger partial charge in [0.1, 0.15) is 19.0 Å². The fraction of sp³-hybridized carbons (Fsp3) is 0.125. The van der Waals surface area contributed by atoms with Gasteiger partial charge in [-0.25, -0.2) is 14.0 Å². The van der Waals surface area contributed by atoms with Gasteiger partial charge in [-0.2, -0.15) is 5.10 Å². The Morgan fingerprint density at radius 2 is 2.15 bits per heavy atom. The number of carbonyl (C=O) groups is 1. The molecule has 4 aromatic heterocycles. The summed E-state index contributed by atoms with van der Waals surface area (Å²) in [5, 5.41) is 17.2. The number of hydrogen-bond acceptors (Lipinski definition) is 5. The monoisotopic (exact) mass is 407 g/mol. The highest BCUT2D eigenvalue weighted by atomic mass is 35.5. The van der Waals surface area contributed by atoms with E-state index in [9.17, 15) is 9.90 Å². The SMILES string of the molecule is O=C(Cn1cc(Cl)cn1)c1c([O-])[n+]2ccccc2n1Cc1cnc(Cl)s1. The zero-order valence-corrected chi connectivity index (χ0v) is 15.5. The molecule has 0 aromatic carbocycles. The summed E-state index contributed by atoms with van der Waals surface area (Å²) in [4.78, 5) is 17.7. The molecule has 0 N–H and O–H groups in total. The molecule has 0 unspecified atom stereocenters. The van der Waals surface area contributed by atoms with Crippen molar-refractivity contribution < 1.29 is 14.3 Å². The van der Waals surface area contributed by atoms with E-state index in [-0.39, 0.29) is 23.9 Å². The van der Waals surface area contributed by atoms with Crippen LogP contribution in [0.15, 0.2) is 43.0 Å². The van der Waals surface area contributed by atoms with Crippen LogP contribution in [0.5, 0.6) is 5.88 Å². The minimum absolute atomic E-state index is 0.0762. The maximum absolute atomic E-state index is 12.9. The van der Waals surface area contributed by atoms with E-state index in [2.05, 4.69) is 10.1 Å². The van der Waals surface area contributed by atoms with E-state index in [4.69, 9.17) is 23.2 Å². The molecule has 0 aliphatic heterocycles. The van der Waals surface area contributed by atoms with Gasteiger partial charge in [0, 0.05) is 18.5 Å². The Hall–Kier alpha value is -2.42. The molecule has 0 atom stereocenters. The van der Waals surface area contributed by atoms with Crippen LogP contribution >= 0.6 is 34.5 Å². The number of ketones is 1. The fourth-order valence-electron chi connectivity index (χ4n) is 2.76. The van der Waals surface area contributed by atoms with E-state index in [1.165, 1.54) is 32.8 Å². The number of thiazole rings is 1. The lowest BCUT2D eigenvalue weighted by atomic mass is 10.3. The second-order valence-electron chi connectivity index (χ2n) is 5.53. The highest BCUT2D eigenvalue weighted by Crippen LogP contribution is 2.23. The number of hydrogen-bond donors (Lipinski definition) is 0. The van der Waals surface area contributed by atoms with Crippen LogP contribution in [0, 0.1) is 0 Å². The summed E-state index contributed by atoms with van der Waals surface area (Å²) in [7, 11) is 0. The third-order valence-corrected chi connectivity index (χ3v) is 5.11. The number of imidazole rings is 1. The summed E-state index contributed by atoms with van der Waals surface area (Å²) < 4.78 is 4.94. The van der Waals surface area contributed by atoms with Gasteiger partial charge in [-0.1, -0.05) is 29.3 Å². The van der Waals surface area contributed by atoms with Crippen molar-refractivity contribution in [3.63, 3.8) is 0 Å². The largest absolute Gasteiger partial charge is 0.839 e. The number of rotatable bonds is 5. The highest BCUT2D eigenvalue weighted by molar-refractivity contribution is 7.15. The van der Waals surface area contributed by atoms with Crippen molar-refractivity contribution in [1.29, 1.82) is 0 Å². The molecule has 0 aliphatic rings. The molecule has 0 aliphatic carbocycles. The van der Waals surface area contributed by atoms with Crippen molar-refractivity contribution in [2.24, 2.45) is 0 Å². The number of fused-ring (bicyclic) bond motifs is 1. The van der Waals surface area contributed by atoms with E-state index in [0.29, 0.717) is 21.7 Å². The third-order valence-electron chi connectivity index (χ3n) is 3.82. The standard InChI is InChI=1S/C16H11Cl2N5O2S/c17-10-5-20-21(7-10)9-12(24)14-15(25)22-4-2-1-3-13(22)23(14)8-11-6-19-16(18)26-11/h1-7H,8-9H2. The maximum atomic E-state index is 12.9. The number of halogens is 2. The van der Waals surface area contributed by atoms with E-state index in [1.54, 1.807) is 29.1 Å². The molecule has 4 heterocycles. The number of Topliss-reactive ketones (excluding diaryl/α,β-unsaturated/α-hetero) is 1. The van der Waals surface area contributed by atoms with E-state index < -0.39 is 0 Å². The smallest absolute Gasteiger partial charge is 0.286 e. The summed E-state index contributed by atoms with van der Waals surface area (Å²) in [5.41, 5.74) is 0.691. The molecule has 0 saturated carbocycles. The Bertz CT molecular complexity index is 1120. The van der Waals surface area contributed by atoms with Gasteiger partial charge in [0.15, 0.2) is 4.47 Å². The molecule has 0 bridgehead atoms. The Morgan fingerprint density at radius 3 is 2.85 bits per heavy atom. The topological polar surface area (TPSA) is 79.9 Å². The van der Waals surface area contributed by atoms with Crippen LogP contribution < -0.4 is 9.51 Å². The molecule has 132 valence electrons. The lowest BCUT2D eigenvalue weighted by Crippen LogP contribution is -2.24. The number of nitrogens with zero attached hydrogens (tertiary/aromatic N) is 5. The number of aromatic nitrogens is 5. The number of pyridine rings is 1. The minimum Gasteiger partial charge on any atom is -0.839 e. The number of carbonyl (C=O) groups excluding carboxylic acids is 1. The Balaban J connectivity index is 1.80. The molecule has 4 aromatic rings. The maximum Gasteiger partial charge on any atom is 0.286 e. The Kier molecular flexibility index (Phi) is 4.39. The summed E-state index contributed by atoms with van der Waals surface area (Å²) in [6, 6.07) is 5.34. The van der Waals surface area contributed by atoms with Gasteiger partial charge < -0.3 is 5.11 Å². The second-order valence-corrected chi connectivity index (χ2v) is 7.66. The van der Waals surface area contributed by atoms with Crippen LogP contribution in [-0.2, 0) is 13.1 Å². The first-order valence-corrected chi connectivity index (χ1v) is 9.11. The molecule has 10 heteroatoms. The van der Waals surface area contributed by atoms with Crippen LogP contribution in [0.1, 0.15) is 15.4 Å². The van der Waals surface area contributed by atoms with E-state index in [0.717, 1.165) is 4.88 Å². The average Bonchev–Trinajstić information content (AvgIpc) is 3.28. The zero-order chi connectivity index (χ0) is 18.3. The average molecular weight is 408 g/mol. The van der Waals surface area contributed by atoms with Crippen LogP contribution in [0.4, 0.5) is 0 Å². The van der Waals surface area contributed by atoms with Crippen LogP contribution in [0.2, 0.25) is 9.49 Å². The Labute approximate surface area is 161 Å². The van der Waals surface area contributed by atoms with Crippen molar-refractivity contribution in [2.75, 3.05) is 0 Å². The summed E-state index contributed by atoms with van der Waals surface area (Å²) in [5.74, 6) is -0.728. The quantitative estimate of drug-likeness (QED) is 0.375. The van der Waals surface area contributed by atoms with Gasteiger partial charge in [-0.05, 0) is 6.07 Å². The first-order chi connectivity index (χ1) is 12.5. The van der Waals surface area contributed by atoms with Crippen molar-refractivity contribution in [3.05, 3.63) is 63.0 Å². The van der Waals surface area contributed by atoms with Crippen molar-refractivity contribution >= 4 is 46.0 Å². The predicted octanol–water partition coefficient (Wildman–Crippen LogP) is 2.19. The summed E-state index contributed by atoms with van der Waals surface area (Å²) in [6.07, 6.45) is 6.25. The molecule has 0 fully saturated rings. The van der Waals surface area contributed by atoms with Crippen LogP contribution in [0.25, 0.3) is 5.65 Å². The molecule has 7 nitrogen and oxygen atoms in total. The van der Waals surface area contributed by atoms with Gasteiger partial charge in [0.25, 0.3) is 5.65 Å². The fourth-order valence-corrected chi connectivity index (χ4v) is 3.88. The van der Waals surface area contributed by atoms with Crippen molar-refractivity contribution in [3.8, 4) is 5.88 Å². The molecule has 4 rings (SSSR count). The van der Waals surface area contributed by atoms with E-state index in [1.807, 2.05) is 6.07 Å². The minimum atomic E-state index is -0.375. The molecule has 0 radical (unpaired) electrons. The summed E-state index contributed by atoms with van der Waals surface area (Å²) >= 11 is 13.0. The van der Waals surface area contributed by atoms with Crippen molar-refractivity contribution in [2.45, 2.75) is 13.1 Å². The highest BCUT2D eigenvalue weighted by Gasteiger charge is 2.26. The predicted molar refractivity (Wildman–Crippen MR) is 94.8 cm³/mol. The van der Waals surface area contributed by atoms with Crippen LogP contribution in [0.3, 0.4) is 0 Å². The molecule has 0 saturated heterocycles. The first kappa shape index (κ1) is 17.0. The lowest BCUT2D eigenvalue weighted by molar-refractivity contribution is -0.582. The molecule has 26 heavy (non-hydrogen) atoms. The normalized spacial score (nSPS) is 11.3. The van der Waals surface area contributed by atoms with Gasteiger partial charge in [0.2, 0.25) is 11.5 Å². The zero-order valence-electron chi connectivity index (χ0n) is 13.2. The first-order valence-electron chi connectivity index (χ1n) is 7.54. The van der Waals surface area contributed by atoms with Gasteiger partial charge in [-0.15, -0.1) is 11.3 Å². The Morgan fingerprint density at radius 1 is 1.31 bits per heavy atom.